The van der Waals surface area contributed by atoms with E-state index in [1.807, 2.05) is 38.1 Å². The first-order valence-electron chi connectivity index (χ1n) is 7.57. The van der Waals surface area contributed by atoms with E-state index in [0.29, 0.717) is 12.8 Å². The van der Waals surface area contributed by atoms with E-state index >= 15 is 0 Å². The molecule has 0 fully saturated rings. The van der Waals surface area contributed by atoms with Crippen LogP contribution < -0.4 is 4.74 Å². The first-order chi connectivity index (χ1) is 10.5. The van der Waals surface area contributed by atoms with Gasteiger partial charge in [-0.05, 0) is 43.5 Å². The number of carbonyl (C=O) groups is 2. The molecule has 0 unspecified atom stereocenters. The first-order valence-corrected chi connectivity index (χ1v) is 7.57. The van der Waals surface area contributed by atoms with Gasteiger partial charge in [0.1, 0.15) is 11.2 Å². The third-order valence-corrected chi connectivity index (χ3v) is 3.89. The molecule has 1 rings (SSSR count). The molecule has 1 aromatic carbocycles. The number of hydrogen-bond donors (Lipinski definition) is 0. The Bertz CT molecular complexity index is 525. The van der Waals surface area contributed by atoms with E-state index in [4.69, 9.17) is 9.47 Å². The standard InChI is InChI=1S/C18H24O4/c1-5-18(6-2,17(20)22-7-3)16(19)13-10-14-8-11-15(21-4)12-9-14/h8-13H,5-7H2,1-4H3/b13-10+. The van der Waals surface area contributed by atoms with Gasteiger partial charge in [-0.15, -0.1) is 0 Å². The monoisotopic (exact) mass is 304 g/mol. The molecule has 1 aromatic rings. The Morgan fingerprint density at radius 2 is 1.68 bits per heavy atom. The fourth-order valence-corrected chi connectivity index (χ4v) is 2.30. The minimum absolute atomic E-state index is 0.216. The number of hydrogen-bond acceptors (Lipinski definition) is 4. The summed E-state index contributed by atoms with van der Waals surface area (Å²) in [5, 5.41) is 0. The largest absolute Gasteiger partial charge is 0.497 e. The Morgan fingerprint density at radius 1 is 1.09 bits per heavy atom. The molecule has 0 radical (unpaired) electrons. The summed E-state index contributed by atoms with van der Waals surface area (Å²) in [5.74, 6) is 0.0996. The van der Waals surface area contributed by atoms with Crippen LogP contribution >= 0.6 is 0 Å². The van der Waals surface area contributed by atoms with Crippen molar-refractivity contribution in [2.45, 2.75) is 33.6 Å². The van der Waals surface area contributed by atoms with Gasteiger partial charge in [-0.3, -0.25) is 9.59 Å². The molecule has 0 atom stereocenters. The molecule has 0 aliphatic rings. The lowest BCUT2D eigenvalue weighted by Gasteiger charge is -2.26. The number of esters is 1. The van der Waals surface area contributed by atoms with Gasteiger partial charge in [0.25, 0.3) is 0 Å². The Balaban J connectivity index is 2.94. The zero-order valence-corrected chi connectivity index (χ0v) is 13.7. The normalized spacial score (nSPS) is 11.5. The van der Waals surface area contributed by atoms with Gasteiger partial charge in [-0.1, -0.05) is 32.1 Å². The number of benzene rings is 1. The van der Waals surface area contributed by atoms with Gasteiger partial charge < -0.3 is 9.47 Å². The molecule has 120 valence electrons. The predicted molar refractivity (Wildman–Crippen MR) is 86.7 cm³/mol. The van der Waals surface area contributed by atoms with Crippen LogP contribution in [0, 0.1) is 5.41 Å². The van der Waals surface area contributed by atoms with Crippen LogP contribution in [0.1, 0.15) is 39.2 Å². The number of methoxy groups -OCH3 is 1. The van der Waals surface area contributed by atoms with E-state index < -0.39 is 11.4 Å². The van der Waals surface area contributed by atoms with Gasteiger partial charge in [0.05, 0.1) is 13.7 Å². The van der Waals surface area contributed by atoms with E-state index in [2.05, 4.69) is 0 Å². The van der Waals surface area contributed by atoms with Crippen LogP contribution in [0.15, 0.2) is 30.3 Å². The number of rotatable bonds is 8. The quantitative estimate of drug-likeness (QED) is 0.418. The number of ketones is 1. The smallest absolute Gasteiger partial charge is 0.319 e. The zero-order valence-electron chi connectivity index (χ0n) is 13.7. The third kappa shape index (κ3) is 3.97. The molecule has 22 heavy (non-hydrogen) atoms. The Kier molecular flexibility index (Phi) is 6.83. The van der Waals surface area contributed by atoms with Crippen molar-refractivity contribution in [1.82, 2.24) is 0 Å². The predicted octanol–water partition coefficient (Wildman–Crippen LogP) is 3.65. The summed E-state index contributed by atoms with van der Waals surface area (Å²) in [5.41, 5.74) is -0.210. The summed E-state index contributed by atoms with van der Waals surface area (Å²) in [6.07, 6.45) is 4.02. The molecule has 4 heteroatoms. The van der Waals surface area contributed by atoms with Gasteiger partial charge in [0.2, 0.25) is 0 Å². The van der Waals surface area contributed by atoms with Crippen LogP contribution in [0.2, 0.25) is 0 Å². The highest BCUT2D eigenvalue weighted by Crippen LogP contribution is 2.30. The van der Waals surface area contributed by atoms with Crippen LogP contribution in [0.3, 0.4) is 0 Å². The fourth-order valence-electron chi connectivity index (χ4n) is 2.30. The zero-order chi connectivity index (χ0) is 16.6. The van der Waals surface area contributed by atoms with Crippen molar-refractivity contribution in [3.05, 3.63) is 35.9 Å². The maximum absolute atomic E-state index is 12.5. The van der Waals surface area contributed by atoms with Crippen molar-refractivity contribution in [3.8, 4) is 5.75 Å². The fraction of sp³-hybridized carbons (Fsp3) is 0.444. The summed E-state index contributed by atoms with van der Waals surface area (Å²) in [7, 11) is 1.60. The number of allylic oxidation sites excluding steroid dienone is 1. The third-order valence-electron chi connectivity index (χ3n) is 3.89. The summed E-state index contributed by atoms with van der Waals surface area (Å²) in [6, 6.07) is 7.35. The van der Waals surface area contributed by atoms with Crippen molar-refractivity contribution in [2.75, 3.05) is 13.7 Å². The van der Waals surface area contributed by atoms with Crippen molar-refractivity contribution < 1.29 is 19.1 Å². The molecular formula is C18H24O4. The minimum atomic E-state index is -1.08. The lowest BCUT2D eigenvalue weighted by atomic mass is 9.78. The van der Waals surface area contributed by atoms with Crippen molar-refractivity contribution >= 4 is 17.8 Å². The minimum Gasteiger partial charge on any atom is -0.497 e. The van der Waals surface area contributed by atoms with E-state index in [-0.39, 0.29) is 12.4 Å². The summed E-state index contributed by atoms with van der Waals surface area (Å²) < 4.78 is 10.2. The Labute approximate surface area is 132 Å². The SMILES string of the molecule is CCOC(=O)C(CC)(CC)C(=O)/C=C/c1ccc(OC)cc1. The van der Waals surface area contributed by atoms with Crippen LogP contribution in [0.25, 0.3) is 6.08 Å². The van der Waals surface area contributed by atoms with Crippen LogP contribution in [0.5, 0.6) is 5.75 Å². The molecule has 0 amide bonds. The van der Waals surface area contributed by atoms with Crippen LogP contribution in [-0.2, 0) is 14.3 Å². The summed E-state index contributed by atoms with van der Waals surface area (Å²) in [4.78, 5) is 24.7. The summed E-state index contributed by atoms with van der Waals surface area (Å²) in [6.45, 7) is 5.68. The average molecular weight is 304 g/mol. The van der Waals surface area contributed by atoms with Crippen molar-refractivity contribution in [3.63, 3.8) is 0 Å². The highest BCUT2D eigenvalue weighted by molar-refractivity contribution is 6.10. The van der Waals surface area contributed by atoms with E-state index in [1.165, 1.54) is 6.08 Å². The molecule has 0 saturated carbocycles. The number of carbonyl (C=O) groups excluding carboxylic acids is 2. The van der Waals surface area contributed by atoms with Gasteiger partial charge in [-0.2, -0.15) is 0 Å². The maximum atomic E-state index is 12.5. The topological polar surface area (TPSA) is 52.6 Å². The van der Waals surface area contributed by atoms with Crippen molar-refractivity contribution in [1.29, 1.82) is 0 Å². The lowest BCUT2D eigenvalue weighted by molar-refractivity contribution is -0.159. The first kappa shape index (κ1) is 18.0. The molecule has 0 aromatic heterocycles. The molecule has 0 heterocycles. The molecule has 0 aliphatic heterocycles. The van der Waals surface area contributed by atoms with Gasteiger partial charge in [-0.25, -0.2) is 0 Å². The van der Waals surface area contributed by atoms with Gasteiger partial charge in [0, 0.05) is 0 Å². The van der Waals surface area contributed by atoms with Crippen LogP contribution in [-0.4, -0.2) is 25.5 Å². The Hall–Kier alpha value is -2.10. The molecule has 0 spiro atoms. The van der Waals surface area contributed by atoms with E-state index in [0.717, 1.165) is 11.3 Å². The maximum Gasteiger partial charge on any atom is 0.319 e. The second-order valence-electron chi connectivity index (χ2n) is 4.98. The molecule has 0 N–H and O–H groups in total. The molecule has 0 aliphatic carbocycles. The van der Waals surface area contributed by atoms with Crippen molar-refractivity contribution in [2.24, 2.45) is 5.41 Å². The average Bonchev–Trinajstić information content (AvgIpc) is 2.55. The van der Waals surface area contributed by atoms with Gasteiger partial charge >= 0.3 is 5.97 Å². The number of ether oxygens (including phenoxy) is 2. The second kappa shape index (κ2) is 8.37. The molecular weight excluding hydrogens is 280 g/mol. The molecule has 4 nitrogen and oxygen atoms in total. The van der Waals surface area contributed by atoms with E-state index in [9.17, 15) is 9.59 Å². The highest BCUT2D eigenvalue weighted by atomic mass is 16.5. The highest BCUT2D eigenvalue weighted by Gasteiger charge is 2.42. The van der Waals surface area contributed by atoms with Gasteiger partial charge in [0.15, 0.2) is 5.78 Å². The Morgan fingerprint density at radius 3 is 2.14 bits per heavy atom. The lowest BCUT2D eigenvalue weighted by Crippen LogP contribution is -2.38. The summed E-state index contributed by atoms with van der Waals surface area (Å²) >= 11 is 0. The molecule has 0 bridgehead atoms. The second-order valence-corrected chi connectivity index (χ2v) is 4.98. The molecule has 0 saturated heterocycles. The van der Waals surface area contributed by atoms with E-state index in [1.54, 1.807) is 20.1 Å². The van der Waals surface area contributed by atoms with Crippen LogP contribution in [0.4, 0.5) is 0 Å².